The van der Waals surface area contributed by atoms with Crippen molar-refractivity contribution in [2.24, 2.45) is 4.40 Å². The molecule has 2 aromatic rings. The van der Waals surface area contributed by atoms with E-state index in [-0.39, 0.29) is 4.90 Å². The fourth-order valence-electron chi connectivity index (χ4n) is 1.60. The van der Waals surface area contributed by atoms with Gasteiger partial charge < -0.3 is 4.55 Å². The predicted octanol–water partition coefficient (Wildman–Crippen LogP) is 2.31. The largest absolute Gasteiger partial charge is 0.591 e. The lowest BCUT2D eigenvalue weighted by Gasteiger charge is -2.17. The number of benzene rings is 1. The summed E-state index contributed by atoms with van der Waals surface area (Å²) in [6.45, 7) is 7.32. The van der Waals surface area contributed by atoms with Gasteiger partial charge >= 0.3 is 0 Å². The van der Waals surface area contributed by atoms with Crippen LogP contribution in [0.4, 0.5) is 0 Å². The number of nitrogens with zero attached hydrogens (tertiary/aromatic N) is 3. The van der Waals surface area contributed by atoms with E-state index in [4.69, 9.17) is 0 Å². The van der Waals surface area contributed by atoms with Gasteiger partial charge in [0.05, 0.1) is 23.5 Å². The summed E-state index contributed by atoms with van der Waals surface area (Å²) in [5, 5.41) is 3.87. The van der Waals surface area contributed by atoms with E-state index in [1.54, 1.807) is 12.1 Å². The molecule has 0 N–H and O–H groups in total. The molecule has 0 amide bonds. The van der Waals surface area contributed by atoms with Crippen LogP contribution in [-0.4, -0.2) is 33.1 Å². The Morgan fingerprint density at radius 2 is 1.87 bits per heavy atom. The Morgan fingerprint density at radius 3 is 2.43 bits per heavy atom. The highest BCUT2D eigenvalue weighted by atomic mass is 32.2. The fourth-order valence-corrected chi connectivity index (χ4v) is 3.26. The second-order valence-electron chi connectivity index (χ2n) is 6.06. The van der Waals surface area contributed by atoms with Crippen molar-refractivity contribution < 1.29 is 13.0 Å². The highest BCUT2D eigenvalue weighted by Crippen LogP contribution is 2.17. The molecule has 0 aliphatic heterocycles. The molecule has 0 radical (unpaired) electrons. The van der Waals surface area contributed by atoms with E-state index in [1.165, 1.54) is 30.7 Å². The Balaban J connectivity index is 2.25. The molecule has 0 fully saturated rings. The van der Waals surface area contributed by atoms with Gasteiger partial charge in [-0.05, 0) is 39.8 Å². The van der Waals surface area contributed by atoms with Crippen LogP contribution in [0.1, 0.15) is 31.9 Å². The first-order chi connectivity index (χ1) is 10.6. The summed E-state index contributed by atoms with van der Waals surface area (Å²) >= 11 is -1.41. The summed E-state index contributed by atoms with van der Waals surface area (Å²) in [7, 11) is -3.73. The van der Waals surface area contributed by atoms with Crippen molar-refractivity contribution in [1.29, 1.82) is 0 Å². The second kappa shape index (κ2) is 6.46. The molecule has 0 aliphatic carbocycles. The van der Waals surface area contributed by atoms with Crippen LogP contribution in [0.25, 0.3) is 0 Å². The zero-order valence-corrected chi connectivity index (χ0v) is 15.1. The molecule has 1 aromatic heterocycles. The minimum Gasteiger partial charge on any atom is -0.591 e. The van der Waals surface area contributed by atoms with Gasteiger partial charge in [0.1, 0.15) is 16.1 Å². The lowest BCUT2D eigenvalue weighted by atomic mass is 10.2. The number of hydrogen-bond acceptors (Lipinski definition) is 5. The van der Waals surface area contributed by atoms with Crippen LogP contribution < -0.4 is 0 Å². The maximum atomic E-state index is 12.5. The first-order valence-electron chi connectivity index (χ1n) is 6.94. The molecule has 0 bridgehead atoms. The van der Waals surface area contributed by atoms with Gasteiger partial charge in [0.15, 0.2) is 0 Å². The third-order valence-electron chi connectivity index (χ3n) is 2.97. The minimum atomic E-state index is -3.73. The smallest absolute Gasteiger partial charge is 0.282 e. The zero-order valence-electron chi connectivity index (χ0n) is 13.4. The van der Waals surface area contributed by atoms with E-state index in [0.717, 1.165) is 9.65 Å². The molecule has 0 saturated heterocycles. The molecule has 1 heterocycles. The van der Waals surface area contributed by atoms with Crippen molar-refractivity contribution in [3.63, 3.8) is 0 Å². The van der Waals surface area contributed by atoms with Crippen molar-refractivity contribution in [3.8, 4) is 0 Å². The monoisotopic (exact) mass is 353 g/mol. The molecule has 8 heteroatoms. The first-order valence-corrected chi connectivity index (χ1v) is 9.48. The molecule has 1 aromatic carbocycles. The topological polar surface area (TPSA) is 87.4 Å². The Kier molecular flexibility index (Phi) is 4.98. The molecule has 2 rings (SSSR count). The normalized spacial score (nSPS) is 14.3. The standard InChI is InChI=1S/C15H19N3O3S2/c1-12-5-7-14(8-6-12)23(20,21)18-11-13(9-16-18)10-17-22(19)15(2,3)4/h5-11H,1-4H3/t22-/m1/s1. The Hall–Kier alpha value is -1.64. The van der Waals surface area contributed by atoms with Crippen molar-refractivity contribution in [2.75, 3.05) is 0 Å². The Labute approximate surface area is 139 Å². The van der Waals surface area contributed by atoms with Crippen molar-refractivity contribution in [2.45, 2.75) is 37.3 Å². The molecule has 0 aliphatic rings. The second-order valence-corrected chi connectivity index (χ2v) is 9.79. The maximum Gasteiger partial charge on any atom is 0.282 e. The van der Waals surface area contributed by atoms with Crippen molar-refractivity contribution in [3.05, 3.63) is 47.8 Å². The van der Waals surface area contributed by atoms with Crippen LogP contribution in [0.15, 0.2) is 46.0 Å². The molecule has 124 valence electrons. The third-order valence-corrected chi connectivity index (χ3v) is 5.87. The van der Waals surface area contributed by atoms with E-state index in [2.05, 4.69) is 9.50 Å². The summed E-state index contributed by atoms with van der Waals surface area (Å²) in [4.78, 5) is 0.160. The Bertz CT molecular complexity index is 803. The average Bonchev–Trinajstić information content (AvgIpc) is 2.93. The predicted molar refractivity (Wildman–Crippen MR) is 91.5 cm³/mol. The summed E-state index contributed by atoms with van der Waals surface area (Å²) in [6.07, 6.45) is 4.09. The van der Waals surface area contributed by atoms with Crippen LogP contribution in [0.5, 0.6) is 0 Å². The summed E-state index contributed by atoms with van der Waals surface area (Å²) in [5.74, 6) is 0. The highest BCUT2D eigenvalue weighted by Gasteiger charge is 2.26. The molecule has 23 heavy (non-hydrogen) atoms. The molecule has 0 spiro atoms. The first kappa shape index (κ1) is 17.7. The zero-order chi connectivity index (χ0) is 17.3. The van der Waals surface area contributed by atoms with Crippen molar-refractivity contribution >= 4 is 27.6 Å². The number of aromatic nitrogens is 2. The number of hydrogen-bond donors (Lipinski definition) is 0. The van der Waals surface area contributed by atoms with Crippen LogP contribution in [0, 0.1) is 6.92 Å². The van der Waals surface area contributed by atoms with Crippen LogP contribution in [-0.2, 0) is 21.4 Å². The Morgan fingerprint density at radius 1 is 1.26 bits per heavy atom. The van der Waals surface area contributed by atoms with E-state index in [9.17, 15) is 13.0 Å². The number of aryl methyl sites for hydroxylation is 1. The van der Waals surface area contributed by atoms with Gasteiger partial charge in [-0.2, -0.15) is 17.6 Å². The lowest BCUT2D eigenvalue weighted by Crippen LogP contribution is -2.25. The summed E-state index contributed by atoms with van der Waals surface area (Å²) < 4.78 is 41.1. The molecule has 1 atom stereocenters. The van der Waals surface area contributed by atoms with Gasteiger partial charge in [0.25, 0.3) is 10.0 Å². The maximum absolute atomic E-state index is 12.5. The fraction of sp³-hybridized carbons (Fsp3) is 0.333. The highest BCUT2D eigenvalue weighted by molar-refractivity contribution is 7.91. The van der Waals surface area contributed by atoms with Gasteiger partial charge in [-0.25, -0.2) is 0 Å². The quantitative estimate of drug-likeness (QED) is 0.623. The van der Waals surface area contributed by atoms with Crippen LogP contribution >= 0.6 is 0 Å². The number of rotatable bonds is 4. The SMILES string of the molecule is Cc1ccc(S(=O)(=O)n2cc(C=N[S@+]([O-])C(C)(C)C)cn2)cc1. The molecule has 0 saturated carbocycles. The van der Waals surface area contributed by atoms with Gasteiger partial charge in [0.2, 0.25) is 0 Å². The average molecular weight is 353 g/mol. The van der Waals surface area contributed by atoms with E-state index >= 15 is 0 Å². The van der Waals surface area contributed by atoms with Gasteiger partial charge in [0, 0.05) is 5.56 Å². The van der Waals surface area contributed by atoms with E-state index in [0.29, 0.717) is 5.56 Å². The van der Waals surface area contributed by atoms with E-state index in [1.807, 2.05) is 27.7 Å². The van der Waals surface area contributed by atoms with Gasteiger partial charge in [-0.3, -0.25) is 0 Å². The molecule has 6 nitrogen and oxygen atoms in total. The van der Waals surface area contributed by atoms with Gasteiger partial charge in [-0.15, -0.1) is 0 Å². The molecule has 0 unspecified atom stereocenters. The summed E-state index contributed by atoms with van der Waals surface area (Å²) in [5.41, 5.74) is 1.44. The van der Waals surface area contributed by atoms with Crippen molar-refractivity contribution in [1.82, 2.24) is 9.19 Å². The summed E-state index contributed by atoms with van der Waals surface area (Å²) in [6, 6.07) is 6.53. The van der Waals surface area contributed by atoms with Gasteiger partial charge in [-0.1, -0.05) is 22.1 Å². The minimum absolute atomic E-state index is 0.160. The molecular formula is C15H19N3O3S2. The molecular weight excluding hydrogens is 334 g/mol. The lowest BCUT2D eigenvalue weighted by molar-refractivity contribution is 0.562. The van der Waals surface area contributed by atoms with E-state index < -0.39 is 26.1 Å². The third kappa shape index (κ3) is 4.21. The van der Waals surface area contributed by atoms with Crippen LogP contribution in [0.2, 0.25) is 0 Å². The van der Waals surface area contributed by atoms with Crippen LogP contribution in [0.3, 0.4) is 0 Å².